The number of benzene rings is 1. The largest absolute Gasteiger partial charge is 0.478 e. The minimum Gasteiger partial charge on any atom is -0.478 e. The minimum absolute atomic E-state index is 0.0990. The zero-order chi connectivity index (χ0) is 20.7. The van der Waals surface area contributed by atoms with Crippen molar-refractivity contribution in [1.82, 2.24) is 5.32 Å². The second-order valence-corrected chi connectivity index (χ2v) is 6.10. The number of Topliss-reactive ketones (excluding diaryl/α,β-unsaturated/α-hetero) is 1. The first-order valence-corrected chi connectivity index (χ1v) is 8.35. The van der Waals surface area contributed by atoms with E-state index in [1.54, 1.807) is 0 Å². The van der Waals surface area contributed by atoms with Gasteiger partial charge in [-0.1, -0.05) is 13.5 Å². The molecule has 2 saturated carbocycles. The predicted octanol–water partition coefficient (Wildman–Crippen LogP) is 2.79. The topological polar surface area (TPSA) is 92.4 Å². The Morgan fingerprint density at radius 3 is 2.19 bits per heavy atom. The van der Waals surface area contributed by atoms with Crippen molar-refractivity contribution < 1.29 is 32.3 Å². The van der Waals surface area contributed by atoms with Crippen LogP contribution in [0.3, 0.4) is 0 Å². The summed E-state index contributed by atoms with van der Waals surface area (Å²) in [6, 6.07) is 0.898. The molecule has 2 atom stereocenters. The Morgan fingerprint density at radius 2 is 1.78 bits per heavy atom. The quantitative estimate of drug-likeness (QED) is 0.236. The van der Waals surface area contributed by atoms with Crippen LogP contribution in [0.15, 0.2) is 18.7 Å². The molecule has 0 heterocycles. The zero-order valence-corrected chi connectivity index (χ0v) is 14.8. The monoisotopic (exact) mass is 390 g/mol. The Balaban J connectivity index is 0.000000333. The van der Waals surface area contributed by atoms with E-state index < -0.39 is 46.5 Å². The standard InChI is InChI=1S/C12H11F4NO.C3H7N.C3H4O2/c1-2-17-8-4-5(8)12(18)6-3-7(13)10(15)11(16)9(6)14;4-3-1-2-3;1-2-3(4)5/h3,5,8,17H,2,4H2,1H3;3H,1-2,4H2;2H,1H2,(H,4,5). The van der Waals surface area contributed by atoms with Gasteiger partial charge < -0.3 is 16.2 Å². The van der Waals surface area contributed by atoms with Crippen LogP contribution in [0.4, 0.5) is 17.6 Å². The highest BCUT2D eigenvalue weighted by Crippen LogP contribution is 2.35. The number of hydrogen-bond acceptors (Lipinski definition) is 4. The van der Waals surface area contributed by atoms with E-state index in [4.69, 9.17) is 10.8 Å². The van der Waals surface area contributed by atoms with E-state index in [0.29, 0.717) is 25.1 Å². The van der Waals surface area contributed by atoms with Gasteiger partial charge in [-0.3, -0.25) is 4.79 Å². The third-order valence-corrected chi connectivity index (χ3v) is 3.76. The molecule has 150 valence electrons. The first-order valence-electron chi connectivity index (χ1n) is 8.35. The van der Waals surface area contributed by atoms with Crippen LogP contribution in [0, 0.1) is 29.2 Å². The van der Waals surface area contributed by atoms with Gasteiger partial charge >= 0.3 is 5.97 Å². The van der Waals surface area contributed by atoms with Gasteiger partial charge in [-0.05, 0) is 31.9 Å². The van der Waals surface area contributed by atoms with E-state index in [1.165, 1.54) is 12.8 Å². The number of aliphatic carboxylic acids is 1. The van der Waals surface area contributed by atoms with Crippen molar-refractivity contribution in [1.29, 1.82) is 0 Å². The van der Waals surface area contributed by atoms with E-state index in [1.807, 2.05) is 6.92 Å². The van der Waals surface area contributed by atoms with Gasteiger partial charge in [0.1, 0.15) is 0 Å². The van der Waals surface area contributed by atoms with Crippen molar-refractivity contribution >= 4 is 11.8 Å². The lowest BCUT2D eigenvalue weighted by Crippen LogP contribution is -2.21. The van der Waals surface area contributed by atoms with Crippen molar-refractivity contribution in [2.24, 2.45) is 11.7 Å². The summed E-state index contributed by atoms with van der Waals surface area (Å²) in [6.07, 6.45) is 3.85. The highest BCUT2D eigenvalue weighted by molar-refractivity contribution is 6.00. The van der Waals surface area contributed by atoms with Crippen molar-refractivity contribution in [2.75, 3.05) is 6.54 Å². The molecule has 3 rings (SSSR count). The highest BCUT2D eigenvalue weighted by atomic mass is 19.2. The molecule has 9 heteroatoms. The van der Waals surface area contributed by atoms with Crippen LogP contribution in [-0.4, -0.2) is 35.5 Å². The molecule has 0 saturated heterocycles. The number of nitrogens with two attached hydrogens (primary N) is 1. The highest BCUT2D eigenvalue weighted by Gasteiger charge is 2.44. The Labute approximate surface area is 154 Å². The molecule has 27 heavy (non-hydrogen) atoms. The van der Waals surface area contributed by atoms with Crippen LogP contribution in [0.2, 0.25) is 0 Å². The molecule has 1 aromatic rings. The van der Waals surface area contributed by atoms with Gasteiger partial charge in [-0.15, -0.1) is 0 Å². The van der Waals surface area contributed by atoms with Gasteiger partial charge in [-0.2, -0.15) is 0 Å². The zero-order valence-electron chi connectivity index (χ0n) is 14.8. The Hall–Kier alpha value is -2.26. The van der Waals surface area contributed by atoms with Crippen molar-refractivity contribution in [2.45, 2.75) is 38.3 Å². The Kier molecular flexibility index (Phi) is 8.58. The third kappa shape index (κ3) is 7.10. The van der Waals surface area contributed by atoms with Crippen LogP contribution in [0.5, 0.6) is 0 Å². The predicted molar refractivity (Wildman–Crippen MR) is 91.2 cm³/mol. The minimum atomic E-state index is -1.95. The summed E-state index contributed by atoms with van der Waals surface area (Å²) in [4.78, 5) is 21.0. The lowest BCUT2D eigenvalue weighted by molar-refractivity contribution is -0.131. The number of carbonyl (C=O) groups excluding carboxylic acids is 1. The molecule has 2 aliphatic carbocycles. The van der Waals surface area contributed by atoms with Gasteiger partial charge in [0.05, 0.1) is 5.56 Å². The van der Waals surface area contributed by atoms with Crippen LogP contribution in [0.25, 0.3) is 0 Å². The Morgan fingerprint density at radius 1 is 1.26 bits per heavy atom. The third-order valence-electron chi connectivity index (χ3n) is 3.76. The summed E-state index contributed by atoms with van der Waals surface area (Å²) in [6.45, 7) is 5.45. The summed E-state index contributed by atoms with van der Waals surface area (Å²) in [5, 5.41) is 10.6. The maximum atomic E-state index is 13.4. The van der Waals surface area contributed by atoms with Crippen molar-refractivity contribution in [3.8, 4) is 0 Å². The average Bonchev–Trinajstić information content (AvgIpc) is 3.55. The molecular formula is C18H22F4N2O3. The summed E-state index contributed by atoms with van der Waals surface area (Å²) < 4.78 is 52.1. The van der Waals surface area contributed by atoms with Gasteiger partial charge in [0.15, 0.2) is 29.1 Å². The summed E-state index contributed by atoms with van der Waals surface area (Å²) in [7, 11) is 0. The van der Waals surface area contributed by atoms with Crippen LogP contribution in [-0.2, 0) is 4.79 Å². The molecule has 1 aromatic carbocycles. The normalized spacial score (nSPS) is 19.8. The molecule has 0 bridgehead atoms. The summed E-state index contributed by atoms with van der Waals surface area (Å²) >= 11 is 0. The van der Waals surface area contributed by atoms with Crippen molar-refractivity contribution in [3.05, 3.63) is 47.6 Å². The van der Waals surface area contributed by atoms with E-state index in [2.05, 4.69) is 11.9 Å². The summed E-state index contributed by atoms with van der Waals surface area (Å²) in [5.74, 6) is -9.20. The van der Waals surface area contributed by atoms with Gasteiger partial charge in [-0.25, -0.2) is 22.4 Å². The average molecular weight is 390 g/mol. The fraction of sp³-hybridized carbons (Fsp3) is 0.444. The molecule has 4 N–H and O–H groups in total. The van der Waals surface area contributed by atoms with E-state index in [-0.39, 0.29) is 6.04 Å². The molecule has 0 aliphatic heterocycles. The number of halogens is 4. The van der Waals surface area contributed by atoms with Crippen LogP contribution < -0.4 is 11.1 Å². The van der Waals surface area contributed by atoms with Gasteiger partial charge in [0.25, 0.3) is 0 Å². The number of carbonyl (C=O) groups is 2. The molecule has 2 aliphatic rings. The number of hydrogen-bond donors (Lipinski definition) is 3. The first-order chi connectivity index (χ1) is 12.6. The van der Waals surface area contributed by atoms with Gasteiger partial charge in [0, 0.05) is 24.1 Å². The smallest absolute Gasteiger partial charge is 0.327 e. The van der Waals surface area contributed by atoms with E-state index >= 15 is 0 Å². The van der Waals surface area contributed by atoms with E-state index in [9.17, 15) is 27.2 Å². The molecular weight excluding hydrogens is 368 g/mol. The number of carboxylic acids is 1. The molecule has 0 aromatic heterocycles. The maximum Gasteiger partial charge on any atom is 0.327 e. The second kappa shape index (κ2) is 10.2. The fourth-order valence-corrected chi connectivity index (χ4v) is 2.02. The van der Waals surface area contributed by atoms with E-state index in [0.717, 1.165) is 6.08 Å². The second-order valence-electron chi connectivity index (χ2n) is 6.10. The fourth-order valence-electron chi connectivity index (χ4n) is 2.02. The van der Waals surface area contributed by atoms with Crippen LogP contribution in [0.1, 0.15) is 36.5 Å². The number of carboxylic acid groups (broad SMARTS) is 1. The molecule has 2 fully saturated rings. The van der Waals surface area contributed by atoms with Gasteiger partial charge in [0.2, 0.25) is 0 Å². The molecule has 0 amide bonds. The summed E-state index contributed by atoms with van der Waals surface area (Å²) in [5.41, 5.74) is 4.50. The van der Waals surface area contributed by atoms with Crippen molar-refractivity contribution in [3.63, 3.8) is 0 Å². The Bertz CT molecular complexity index is 708. The molecule has 2 unspecified atom stereocenters. The SMILES string of the molecule is C=CC(=O)O.CCNC1CC1C(=O)c1cc(F)c(F)c(F)c1F.NC1CC1. The maximum absolute atomic E-state index is 13.4. The van der Waals surface area contributed by atoms with Crippen LogP contribution >= 0.6 is 0 Å². The number of ketones is 1. The number of rotatable bonds is 5. The lowest BCUT2D eigenvalue weighted by Gasteiger charge is -2.05. The first kappa shape index (κ1) is 22.8. The lowest BCUT2D eigenvalue weighted by atomic mass is 10.1. The molecule has 5 nitrogen and oxygen atoms in total. The number of nitrogens with one attached hydrogen (secondary N) is 1. The molecule has 0 radical (unpaired) electrons. The molecule has 0 spiro atoms.